The van der Waals surface area contributed by atoms with Crippen LogP contribution in [0.3, 0.4) is 0 Å². The molecule has 0 unspecified atom stereocenters. The fourth-order valence-corrected chi connectivity index (χ4v) is 3.80. The molecule has 0 fully saturated rings. The molecule has 0 aliphatic carbocycles. The molecule has 3 aromatic rings. The van der Waals surface area contributed by atoms with Crippen molar-refractivity contribution in [2.45, 2.75) is 0 Å². The first-order chi connectivity index (χ1) is 8.66. The summed E-state index contributed by atoms with van der Waals surface area (Å²) in [6.07, 6.45) is 0. The fraction of sp³-hybridized carbons (Fsp3) is 0. The van der Waals surface area contributed by atoms with E-state index in [0.29, 0.717) is 5.02 Å². The molecule has 90 valence electrons. The van der Waals surface area contributed by atoms with Gasteiger partial charge in [-0.3, -0.25) is 4.79 Å². The van der Waals surface area contributed by atoms with Crippen LogP contribution in [0.5, 0.6) is 0 Å². The summed E-state index contributed by atoms with van der Waals surface area (Å²) in [5, 5.41) is 1.33. The standard InChI is InChI=1S/C13H7ClINOS/c14-10-7-8(15)5-6-11(10)16-13(17)9-3-1-2-4-12(9)18-16/h1-7H. The molecule has 2 nitrogen and oxygen atoms in total. The predicted molar refractivity (Wildman–Crippen MR) is 85.1 cm³/mol. The fourth-order valence-electron chi connectivity index (χ4n) is 1.78. The summed E-state index contributed by atoms with van der Waals surface area (Å²) in [6.45, 7) is 0. The molecule has 0 radical (unpaired) electrons. The first-order valence-electron chi connectivity index (χ1n) is 5.23. The lowest BCUT2D eigenvalue weighted by atomic mass is 10.3. The molecule has 2 aromatic carbocycles. The largest absolute Gasteiger partial charge is 0.273 e. The van der Waals surface area contributed by atoms with Crippen LogP contribution in [0, 0.1) is 3.57 Å². The zero-order valence-corrected chi connectivity index (χ0v) is 12.8. The molecule has 0 aliphatic rings. The van der Waals surface area contributed by atoms with Crippen LogP contribution in [0.1, 0.15) is 0 Å². The van der Waals surface area contributed by atoms with Crippen LogP contribution in [-0.2, 0) is 0 Å². The lowest BCUT2D eigenvalue weighted by molar-refractivity contribution is 1.14. The summed E-state index contributed by atoms with van der Waals surface area (Å²) in [5.74, 6) is 0. The Morgan fingerprint density at radius 3 is 2.67 bits per heavy atom. The summed E-state index contributed by atoms with van der Waals surface area (Å²) in [4.78, 5) is 12.3. The highest BCUT2D eigenvalue weighted by Crippen LogP contribution is 2.26. The van der Waals surface area contributed by atoms with Gasteiger partial charge in [-0.05, 0) is 52.9 Å². The van der Waals surface area contributed by atoms with E-state index in [-0.39, 0.29) is 5.56 Å². The third kappa shape index (κ3) is 1.98. The van der Waals surface area contributed by atoms with Crippen molar-refractivity contribution < 1.29 is 0 Å². The van der Waals surface area contributed by atoms with Crippen LogP contribution in [-0.4, -0.2) is 3.96 Å². The maximum Gasteiger partial charge on any atom is 0.273 e. The molecule has 18 heavy (non-hydrogen) atoms. The Bertz CT molecular complexity index is 793. The number of fused-ring (bicyclic) bond motifs is 1. The van der Waals surface area contributed by atoms with Crippen LogP contribution in [0.25, 0.3) is 15.8 Å². The topological polar surface area (TPSA) is 22.0 Å². The molecule has 0 aliphatic heterocycles. The second-order valence-corrected chi connectivity index (χ2v) is 6.42. The van der Waals surface area contributed by atoms with Crippen molar-refractivity contribution in [3.05, 3.63) is 61.4 Å². The van der Waals surface area contributed by atoms with E-state index in [1.54, 1.807) is 3.96 Å². The lowest BCUT2D eigenvalue weighted by Crippen LogP contribution is -2.11. The molecule has 0 bridgehead atoms. The highest BCUT2D eigenvalue weighted by atomic mass is 127. The molecular formula is C13H7ClINOS. The second-order valence-electron chi connectivity index (χ2n) is 3.78. The van der Waals surface area contributed by atoms with Crippen LogP contribution in [0.4, 0.5) is 0 Å². The van der Waals surface area contributed by atoms with Gasteiger partial charge in [0.05, 0.1) is 20.8 Å². The van der Waals surface area contributed by atoms with Crippen LogP contribution in [0.15, 0.2) is 47.3 Å². The van der Waals surface area contributed by atoms with Gasteiger partial charge in [0.15, 0.2) is 0 Å². The number of halogens is 2. The van der Waals surface area contributed by atoms with Gasteiger partial charge in [-0.2, -0.15) is 0 Å². The van der Waals surface area contributed by atoms with Crippen molar-refractivity contribution in [3.8, 4) is 5.69 Å². The van der Waals surface area contributed by atoms with Crippen molar-refractivity contribution >= 4 is 55.8 Å². The van der Waals surface area contributed by atoms with Crippen molar-refractivity contribution in [2.24, 2.45) is 0 Å². The molecular weight excluding hydrogens is 381 g/mol. The van der Waals surface area contributed by atoms with E-state index in [2.05, 4.69) is 22.6 Å². The minimum absolute atomic E-state index is 0.0151. The number of rotatable bonds is 1. The highest BCUT2D eigenvalue weighted by molar-refractivity contribution is 14.1. The Balaban J connectivity index is 2.32. The first kappa shape index (κ1) is 12.2. The van der Waals surface area contributed by atoms with E-state index in [9.17, 15) is 4.79 Å². The summed E-state index contributed by atoms with van der Waals surface area (Å²) >= 11 is 9.82. The van der Waals surface area contributed by atoms with Gasteiger partial charge >= 0.3 is 0 Å². The molecule has 0 atom stereocenters. The zero-order chi connectivity index (χ0) is 12.7. The van der Waals surface area contributed by atoms with E-state index in [0.717, 1.165) is 19.3 Å². The molecule has 0 amide bonds. The minimum Gasteiger partial charge on any atom is -0.267 e. The van der Waals surface area contributed by atoms with Crippen molar-refractivity contribution in [1.82, 2.24) is 3.96 Å². The van der Waals surface area contributed by atoms with E-state index in [4.69, 9.17) is 11.6 Å². The lowest BCUT2D eigenvalue weighted by Gasteiger charge is -2.03. The third-order valence-corrected chi connectivity index (χ3v) is 4.69. The third-order valence-electron chi connectivity index (χ3n) is 2.62. The molecule has 0 saturated carbocycles. The Morgan fingerprint density at radius 2 is 1.94 bits per heavy atom. The maximum atomic E-state index is 12.3. The summed E-state index contributed by atoms with van der Waals surface area (Å²) < 4.78 is 3.66. The number of aromatic nitrogens is 1. The average molecular weight is 388 g/mol. The zero-order valence-electron chi connectivity index (χ0n) is 9.06. The Labute approximate surface area is 126 Å². The van der Waals surface area contributed by atoms with Crippen LogP contribution in [0.2, 0.25) is 5.02 Å². The van der Waals surface area contributed by atoms with E-state index >= 15 is 0 Å². The van der Waals surface area contributed by atoms with Gasteiger partial charge < -0.3 is 0 Å². The van der Waals surface area contributed by atoms with Crippen LogP contribution >= 0.6 is 45.7 Å². The minimum atomic E-state index is -0.0151. The quantitative estimate of drug-likeness (QED) is 0.570. The molecule has 1 aromatic heterocycles. The Hall–Kier alpha value is -0.850. The molecule has 5 heteroatoms. The van der Waals surface area contributed by atoms with Crippen molar-refractivity contribution in [3.63, 3.8) is 0 Å². The van der Waals surface area contributed by atoms with Gasteiger partial charge in [0.2, 0.25) is 0 Å². The number of nitrogens with zero attached hydrogens (tertiary/aromatic N) is 1. The monoisotopic (exact) mass is 387 g/mol. The van der Waals surface area contributed by atoms with Gasteiger partial charge in [-0.15, -0.1) is 0 Å². The van der Waals surface area contributed by atoms with Crippen LogP contribution < -0.4 is 5.56 Å². The van der Waals surface area contributed by atoms with E-state index < -0.39 is 0 Å². The van der Waals surface area contributed by atoms with Crippen molar-refractivity contribution in [2.75, 3.05) is 0 Å². The van der Waals surface area contributed by atoms with Gasteiger partial charge in [0.25, 0.3) is 5.56 Å². The normalized spacial score (nSPS) is 11.0. The summed E-state index contributed by atoms with van der Waals surface area (Å²) in [6, 6.07) is 13.3. The summed E-state index contributed by atoms with van der Waals surface area (Å²) in [7, 11) is 0. The molecule has 1 heterocycles. The molecule has 0 saturated heterocycles. The number of hydrogen-bond donors (Lipinski definition) is 0. The molecule has 0 N–H and O–H groups in total. The Kier molecular flexibility index (Phi) is 3.17. The van der Waals surface area contributed by atoms with Crippen molar-refractivity contribution in [1.29, 1.82) is 0 Å². The molecule has 3 rings (SSSR count). The number of benzene rings is 2. The smallest absolute Gasteiger partial charge is 0.267 e. The highest BCUT2D eigenvalue weighted by Gasteiger charge is 2.11. The van der Waals surface area contributed by atoms with Gasteiger partial charge in [-0.25, -0.2) is 3.96 Å². The van der Waals surface area contributed by atoms with Gasteiger partial charge in [0.1, 0.15) is 0 Å². The SMILES string of the molecule is O=c1c2ccccc2sn1-c1ccc(I)cc1Cl. The van der Waals surface area contributed by atoms with Gasteiger partial charge in [0, 0.05) is 3.57 Å². The molecule has 0 spiro atoms. The average Bonchev–Trinajstić information content (AvgIpc) is 2.68. The second kappa shape index (κ2) is 4.68. The number of hydrogen-bond acceptors (Lipinski definition) is 2. The summed E-state index contributed by atoms with van der Waals surface area (Å²) in [5.41, 5.74) is 0.724. The van der Waals surface area contributed by atoms with Gasteiger partial charge in [-0.1, -0.05) is 35.3 Å². The van der Waals surface area contributed by atoms with E-state index in [1.165, 1.54) is 11.5 Å². The Morgan fingerprint density at radius 1 is 1.17 bits per heavy atom. The van der Waals surface area contributed by atoms with E-state index in [1.807, 2.05) is 42.5 Å². The predicted octanol–water partition coefficient (Wildman–Crippen LogP) is 4.31. The first-order valence-corrected chi connectivity index (χ1v) is 7.46. The maximum absolute atomic E-state index is 12.3.